The highest BCUT2D eigenvalue weighted by Gasteiger charge is 2.10. The van der Waals surface area contributed by atoms with Crippen LogP contribution in [-0.2, 0) is 17.8 Å². The lowest BCUT2D eigenvalue weighted by molar-refractivity contribution is -0.120. The number of aromatic nitrogens is 2. The van der Waals surface area contributed by atoms with Crippen LogP contribution in [0.5, 0.6) is 0 Å². The number of nitrogens with one attached hydrogen (secondary N) is 1. The highest BCUT2D eigenvalue weighted by atomic mass is 19.1. The lowest BCUT2D eigenvalue weighted by Gasteiger charge is -2.02. The lowest BCUT2D eigenvalue weighted by Crippen LogP contribution is -2.24. The fraction of sp³-hybridized carbons (Fsp3) is 0.357. The van der Waals surface area contributed by atoms with Crippen molar-refractivity contribution in [2.75, 3.05) is 0 Å². The first kappa shape index (κ1) is 14.2. The Morgan fingerprint density at radius 3 is 2.60 bits per heavy atom. The molecule has 0 radical (unpaired) electrons. The van der Waals surface area contributed by atoms with Gasteiger partial charge in [-0.05, 0) is 17.7 Å². The van der Waals surface area contributed by atoms with Crippen LogP contribution >= 0.6 is 0 Å². The molecule has 2 rings (SSSR count). The lowest BCUT2D eigenvalue weighted by atomic mass is 10.1. The van der Waals surface area contributed by atoms with Gasteiger partial charge >= 0.3 is 0 Å². The maximum absolute atomic E-state index is 12.7. The van der Waals surface area contributed by atoms with E-state index in [4.69, 9.17) is 4.42 Å². The van der Waals surface area contributed by atoms with Gasteiger partial charge in [0.2, 0.25) is 17.7 Å². The van der Waals surface area contributed by atoms with Gasteiger partial charge < -0.3 is 9.73 Å². The van der Waals surface area contributed by atoms with Gasteiger partial charge in [-0.15, -0.1) is 10.2 Å². The molecule has 20 heavy (non-hydrogen) atoms. The molecule has 1 aromatic carbocycles. The van der Waals surface area contributed by atoms with Crippen LogP contribution in [0.1, 0.15) is 37.1 Å². The minimum atomic E-state index is -0.318. The Bertz CT molecular complexity index is 578. The van der Waals surface area contributed by atoms with Crippen molar-refractivity contribution in [1.82, 2.24) is 15.5 Å². The molecule has 0 atom stereocenters. The van der Waals surface area contributed by atoms with Gasteiger partial charge in [0.1, 0.15) is 5.82 Å². The van der Waals surface area contributed by atoms with Crippen LogP contribution < -0.4 is 5.32 Å². The summed E-state index contributed by atoms with van der Waals surface area (Å²) in [6, 6.07) is 5.82. The molecule has 6 heteroatoms. The van der Waals surface area contributed by atoms with Crippen molar-refractivity contribution in [3.8, 4) is 0 Å². The molecule has 1 N–H and O–H groups in total. The maximum atomic E-state index is 12.7. The zero-order valence-electron chi connectivity index (χ0n) is 11.4. The smallest absolute Gasteiger partial charge is 0.235 e. The topological polar surface area (TPSA) is 68.0 Å². The third-order valence-electron chi connectivity index (χ3n) is 2.69. The van der Waals surface area contributed by atoms with Crippen LogP contribution in [0.4, 0.5) is 4.39 Å². The van der Waals surface area contributed by atoms with E-state index in [1.54, 1.807) is 12.1 Å². The number of carbonyl (C=O) groups excluding carboxylic acids is 1. The quantitative estimate of drug-likeness (QED) is 0.909. The van der Waals surface area contributed by atoms with Gasteiger partial charge in [0.25, 0.3) is 0 Å². The number of benzene rings is 1. The van der Waals surface area contributed by atoms with Crippen LogP contribution in [0.3, 0.4) is 0 Å². The minimum Gasteiger partial charge on any atom is -0.423 e. The SMILES string of the molecule is CC(C)c1nnc(CNC(=O)Cc2ccc(F)cc2)o1. The predicted molar refractivity (Wildman–Crippen MR) is 70.3 cm³/mol. The van der Waals surface area contributed by atoms with E-state index < -0.39 is 0 Å². The van der Waals surface area contributed by atoms with Crippen molar-refractivity contribution in [2.24, 2.45) is 0 Å². The van der Waals surface area contributed by atoms with E-state index in [2.05, 4.69) is 15.5 Å². The largest absolute Gasteiger partial charge is 0.423 e. The summed E-state index contributed by atoms with van der Waals surface area (Å²) < 4.78 is 18.1. The summed E-state index contributed by atoms with van der Waals surface area (Å²) in [6.07, 6.45) is 0.186. The Morgan fingerprint density at radius 1 is 1.30 bits per heavy atom. The van der Waals surface area contributed by atoms with Crippen molar-refractivity contribution in [3.05, 3.63) is 47.4 Å². The highest BCUT2D eigenvalue weighted by molar-refractivity contribution is 5.78. The number of nitrogens with zero attached hydrogens (tertiary/aromatic N) is 2. The fourth-order valence-corrected chi connectivity index (χ4v) is 1.60. The summed E-state index contributed by atoms with van der Waals surface area (Å²) in [5.74, 6) is 0.585. The summed E-state index contributed by atoms with van der Waals surface area (Å²) in [6.45, 7) is 4.09. The Kier molecular flexibility index (Phi) is 4.45. The number of hydrogen-bond acceptors (Lipinski definition) is 4. The number of hydrogen-bond donors (Lipinski definition) is 1. The van der Waals surface area contributed by atoms with Gasteiger partial charge in [0.15, 0.2) is 0 Å². The average Bonchev–Trinajstić information content (AvgIpc) is 2.88. The molecule has 5 nitrogen and oxygen atoms in total. The Balaban J connectivity index is 1.84. The highest BCUT2D eigenvalue weighted by Crippen LogP contribution is 2.11. The molecule has 0 aliphatic rings. The summed E-state index contributed by atoms with van der Waals surface area (Å²) in [4.78, 5) is 11.7. The number of halogens is 1. The second kappa shape index (κ2) is 6.27. The van der Waals surface area contributed by atoms with Crippen molar-refractivity contribution in [1.29, 1.82) is 0 Å². The van der Waals surface area contributed by atoms with E-state index in [1.807, 2.05) is 13.8 Å². The molecule has 0 unspecified atom stereocenters. The Labute approximate surface area is 116 Å². The van der Waals surface area contributed by atoms with E-state index in [0.717, 1.165) is 5.56 Å². The van der Waals surface area contributed by atoms with Crippen molar-refractivity contribution >= 4 is 5.91 Å². The molecular formula is C14H16FN3O2. The Morgan fingerprint density at radius 2 is 2.00 bits per heavy atom. The molecule has 0 bridgehead atoms. The first-order valence-electron chi connectivity index (χ1n) is 6.38. The van der Waals surface area contributed by atoms with E-state index in [-0.39, 0.29) is 30.6 Å². The Hall–Kier alpha value is -2.24. The second-order valence-corrected chi connectivity index (χ2v) is 4.77. The van der Waals surface area contributed by atoms with Gasteiger partial charge in [0, 0.05) is 5.92 Å². The maximum Gasteiger partial charge on any atom is 0.235 e. The van der Waals surface area contributed by atoms with E-state index in [9.17, 15) is 9.18 Å². The normalized spacial score (nSPS) is 10.8. The molecule has 0 aliphatic heterocycles. The monoisotopic (exact) mass is 277 g/mol. The van der Waals surface area contributed by atoms with E-state index >= 15 is 0 Å². The molecule has 106 valence electrons. The summed E-state index contributed by atoms with van der Waals surface area (Å²) >= 11 is 0. The zero-order valence-corrected chi connectivity index (χ0v) is 11.4. The van der Waals surface area contributed by atoms with Gasteiger partial charge in [-0.25, -0.2) is 4.39 Å². The molecule has 1 aromatic heterocycles. The third-order valence-corrected chi connectivity index (χ3v) is 2.69. The average molecular weight is 277 g/mol. The first-order valence-corrected chi connectivity index (χ1v) is 6.38. The number of carbonyl (C=O) groups is 1. The van der Waals surface area contributed by atoms with Crippen LogP contribution in [0, 0.1) is 5.82 Å². The number of rotatable bonds is 5. The van der Waals surface area contributed by atoms with Gasteiger partial charge in [-0.2, -0.15) is 0 Å². The van der Waals surface area contributed by atoms with Crippen LogP contribution in [0.15, 0.2) is 28.7 Å². The number of amides is 1. The van der Waals surface area contributed by atoms with Crippen LogP contribution in [0.25, 0.3) is 0 Å². The van der Waals surface area contributed by atoms with Gasteiger partial charge in [-0.3, -0.25) is 4.79 Å². The minimum absolute atomic E-state index is 0.158. The predicted octanol–water partition coefficient (Wildman–Crippen LogP) is 2.19. The van der Waals surface area contributed by atoms with Gasteiger partial charge in [-0.1, -0.05) is 26.0 Å². The fourth-order valence-electron chi connectivity index (χ4n) is 1.60. The summed E-state index contributed by atoms with van der Waals surface area (Å²) in [7, 11) is 0. The molecule has 0 spiro atoms. The summed E-state index contributed by atoms with van der Waals surface area (Å²) in [5.41, 5.74) is 0.747. The third kappa shape index (κ3) is 3.88. The molecule has 1 amide bonds. The van der Waals surface area contributed by atoms with Crippen molar-refractivity contribution in [3.63, 3.8) is 0 Å². The molecule has 0 fully saturated rings. The molecule has 1 heterocycles. The molecule has 2 aromatic rings. The summed E-state index contributed by atoms with van der Waals surface area (Å²) in [5, 5.41) is 10.4. The molecule has 0 saturated heterocycles. The molecule has 0 aliphatic carbocycles. The molecule has 0 saturated carbocycles. The first-order chi connectivity index (χ1) is 9.54. The standard InChI is InChI=1S/C14H16FN3O2/c1-9(2)14-18-17-13(20-14)8-16-12(19)7-10-3-5-11(15)6-4-10/h3-6,9H,7-8H2,1-2H3,(H,16,19). The van der Waals surface area contributed by atoms with Crippen LogP contribution in [-0.4, -0.2) is 16.1 Å². The van der Waals surface area contributed by atoms with Crippen molar-refractivity contribution in [2.45, 2.75) is 32.7 Å². The van der Waals surface area contributed by atoms with E-state index in [1.165, 1.54) is 12.1 Å². The van der Waals surface area contributed by atoms with E-state index in [0.29, 0.717) is 11.8 Å². The zero-order chi connectivity index (χ0) is 14.5. The second-order valence-electron chi connectivity index (χ2n) is 4.77. The molecular weight excluding hydrogens is 261 g/mol. The van der Waals surface area contributed by atoms with Crippen molar-refractivity contribution < 1.29 is 13.6 Å². The van der Waals surface area contributed by atoms with Gasteiger partial charge in [0.05, 0.1) is 13.0 Å². The van der Waals surface area contributed by atoms with Crippen LogP contribution in [0.2, 0.25) is 0 Å².